The van der Waals surface area contributed by atoms with Crippen molar-refractivity contribution in [3.05, 3.63) is 59.7 Å². The van der Waals surface area contributed by atoms with Gasteiger partial charge in [0, 0.05) is 0 Å². The van der Waals surface area contributed by atoms with Gasteiger partial charge in [0.2, 0.25) is 0 Å². The van der Waals surface area contributed by atoms with Gasteiger partial charge >= 0.3 is 0 Å². The smallest absolute Gasteiger partial charge is 0.265 e. The predicted molar refractivity (Wildman–Crippen MR) is 91.1 cm³/mol. The molecule has 0 unspecified atom stereocenters. The second kappa shape index (κ2) is 6.55. The molecule has 2 atom stereocenters. The van der Waals surface area contributed by atoms with E-state index in [4.69, 9.17) is 9.57 Å². The van der Waals surface area contributed by atoms with E-state index in [-0.39, 0.29) is 17.0 Å². The van der Waals surface area contributed by atoms with Crippen LogP contribution < -0.4 is 4.74 Å². The molecule has 0 radical (unpaired) electrons. The molecule has 24 heavy (non-hydrogen) atoms. The van der Waals surface area contributed by atoms with Crippen LogP contribution in [0.15, 0.2) is 53.4 Å². The highest BCUT2D eigenvalue weighted by Crippen LogP contribution is 2.37. The minimum absolute atomic E-state index is 0.233. The van der Waals surface area contributed by atoms with E-state index in [0.717, 1.165) is 21.3 Å². The number of benzene rings is 2. The van der Waals surface area contributed by atoms with Crippen LogP contribution in [0.4, 0.5) is 0 Å². The van der Waals surface area contributed by atoms with Gasteiger partial charge in [-0.1, -0.05) is 34.3 Å². The minimum Gasteiger partial charge on any atom is -0.497 e. The maximum atomic E-state index is 12.8. The number of rotatable bonds is 4. The number of hydrogen-bond acceptors (Lipinski definition) is 4. The van der Waals surface area contributed by atoms with Crippen molar-refractivity contribution in [2.45, 2.75) is 37.3 Å². The van der Waals surface area contributed by atoms with Crippen molar-refractivity contribution in [3.63, 3.8) is 0 Å². The largest absolute Gasteiger partial charge is 0.497 e. The molecule has 0 bridgehead atoms. The normalized spacial score (nSPS) is 21.8. The molecule has 0 N–H and O–H groups in total. The first-order valence-corrected chi connectivity index (χ1v) is 9.27. The standard InChI is InChI=1S/C18H21NO4S/c1-13-4-10-17(11-5-13)24(20,21)19-14(2)12-18(23-19)15-6-8-16(22-3)9-7-15/h4-11,14,18H,12H2,1-3H3/t14-,18-/m1/s1. The van der Waals surface area contributed by atoms with Gasteiger partial charge < -0.3 is 4.74 Å². The van der Waals surface area contributed by atoms with Crippen LogP contribution >= 0.6 is 0 Å². The lowest BCUT2D eigenvalue weighted by atomic mass is 10.0. The molecule has 3 rings (SSSR count). The molecule has 0 saturated carbocycles. The molecule has 2 aromatic rings. The van der Waals surface area contributed by atoms with Crippen LogP contribution in [0.25, 0.3) is 0 Å². The van der Waals surface area contributed by atoms with Gasteiger partial charge in [-0.2, -0.15) is 0 Å². The Morgan fingerprint density at radius 1 is 1.08 bits per heavy atom. The molecule has 2 aromatic carbocycles. The summed E-state index contributed by atoms with van der Waals surface area (Å²) in [6.07, 6.45) is 0.323. The summed E-state index contributed by atoms with van der Waals surface area (Å²) in [4.78, 5) is 6.03. The first-order valence-electron chi connectivity index (χ1n) is 7.83. The minimum atomic E-state index is -3.67. The molecule has 1 aliphatic heterocycles. The highest BCUT2D eigenvalue weighted by atomic mass is 32.2. The Balaban J connectivity index is 1.83. The van der Waals surface area contributed by atoms with Crippen molar-refractivity contribution in [2.75, 3.05) is 7.11 Å². The summed E-state index contributed by atoms with van der Waals surface area (Å²) in [5.41, 5.74) is 1.95. The number of ether oxygens (including phenoxy) is 1. The highest BCUT2D eigenvalue weighted by Gasteiger charge is 2.40. The molecule has 128 valence electrons. The van der Waals surface area contributed by atoms with Crippen LogP contribution in [-0.4, -0.2) is 26.0 Å². The number of hydroxylamine groups is 1. The van der Waals surface area contributed by atoms with Gasteiger partial charge in [0.1, 0.15) is 11.9 Å². The predicted octanol–water partition coefficient (Wildman–Crippen LogP) is 3.46. The van der Waals surface area contributed by atoms with Crippen LogP contribution in [0.1, 0.15) is 30.6 Å². The fraction of sp³-hybridized carbons (Fsp3) is 0.333. The molecule has 6 heteroatoms. The Kier molecular flexibility index (Phi) is 4.62. The summed E-state index contributed by atoms with van der Waals surface area (Å²) in [7, 11) is -2.06. The maximum Gasteiger partial charge on any atom is 0.265 e. The van der Waals surface area contributed by atoms with Crippen LogP contribution in [0.3, 0.4) is 0 Å². The Morgan fingerprint density at radius 3 is 2.29 bits per heavy atom. The Morgan fingerprint density at radius 2 is 1.71 bits per heavy atom. The second-order valence-electron chi connectivity index (χ2n) is 6.03. The zero-order valence-electron chi connectivity index (χ0n) is 14.0. The molecule has 0 aromatic heterocycles. The van der Waals surface area contributed by atoms with Crippen LogP contribution in [0.5, 0.6) is 5.75 Å². The fourth-order valence-corrected chi connectivity index (χ4v) is 4.26. The molecule has 0 aliphatic carbocycles. The van der Waals surface area contributed by atoms with Gasteiger partial charge in [0.25, 0.3) is 10.0 Å². The molecule has 0 amide bonds. The van der Waals surface area contributed by atoms with E-state index >= 15 is 0 Å². The monoisotopic (exact) mass is 347 g/mol. The Labute approximate surface area is 142 Å². The SMILES string of the molecule is COc1ccc([C@H]2C[C@@H](C)N(S(=O)(=O)c3ccc(C)cc3)O2)cc1. The summed E-state index contributed by atoms with van der Waals surface area (Å²) in [5.74, 6) is 0.758. The van der Waals surface area contributed by atoms with Gasteiger partial charge in [0.15, 0.2) is 0 Å². The van der Waals surface area contributed by atoms with Crippen LogP contribution in [-0.2, 0) is 14.9 Å². The van der Waals surface area contributed by atoms with E-state index in [9.17, 15) is 8.42 Å². The first kappa shape index (κ1) is 17.0. The zero-order chi connectivity index (χ0) is 17.3. The van der Waals surface area contributed by atoms with Gasteiger partial charge in [-0.05, 0) is 50.1 Å². The van der Waals surface area contributed by atoms with Crippen molar-refractivity contribution in [3.8, 4) is 5.75 Å². The topological polar surface area (TPSA) is 55.8 Å². The summed E-state index contributed by atoms with van der Waals surface area (Å²) in [5, 5.41) is 0. The lowest BCUT2D eigenvalue weighted by molar-refractivity contribution is -0.0891. The van der Waals surface area contributed by atoms with E-state index in [0.29, 0.717) is 6.42 Å². The number of aryl methyl sites for hydroxylation is 1. The molecular formula is C18H21NO4S. The summed E-state index contributed by atoms with van der Waals surface area (Å²) < 4.78 is 31.9. The summed E-state index contributed by atoms with van der Waals surface area (Å²) in [6.45, 7) is 3.78. The summed E-state index contributed by atoms with van der Waals surface area (Å²) >= 11 is 0. The number of hydrogen-bond donors (Lipinski definition) is 0. The van der Waals surface area contributed by atoms with E-state index in [2.05, 4.69) is 0 Å². The van der Waals surface area contributed by atoms with Gasteiger partial charge in [-0.3, -0.25) is 4.84 Å². The van der Waals surface area contributed by atoms with Gasteiger partial charge in [-0.25, -0.2) is 8.42 Å². The van der Waals surface area contributed by atoms with Gasteiger partial charge in [-0.15, -0.1) is 0 Å². The van der Waals surface area contributed by atoms with Crippen molar-refractivity contribution >= 4 is 10.0 Å². The molecule has 5 nitrogen and oxygen atoms in total. The number of nitrogens with zero attached hydrogens (tertiary/aromatic N) is 1. The Hall–Kier alpha value is -1.89. The van der Waals surface area contributed by atoms with Crippen molar-refractivity contribution < 1.29 is 18.0 Å². The van der Waals surface area contributed by atoms with Crippen molar-refractivity contribution in [1.82, 2.24) is 4.47 Å². The van der Waals surface area contributed by atoms with Crippen LogP contribution in [0, 0.1) is 6.92 Å². The number of methoxy groups -OCH3 is 1. The lowest BCUT2D eigenvalue weighted by Crippen LogP contribution is -2.32. The molecule has 1 saturated heterocycles. The molecule has 0 spiro atoms. The average Bonchev–Trinajstić information content (AvgIpc) is 2.98. The lowest BCUT2D eigenvalue weighted by Gasteiger charge is -2.20. The maximum absolute atomic E-state index is 12.8. The summed E-state index contributed by atoms with van der Waals surface area (Å²) in [6, 6.07) is 14.1. The highest BCUT2D eigenvalue weighted by molar-refractivity contribution is 7.89. The third-order valence-corrected chi connectivity index (χ3v) is 5.98. The third-order valence-electron chi connectivity index (χ3n) is 4.19. The fourth-order valence-electron chi connectivity index (χ4n) is 2.79. The molecular weight excluding hydrogens is 326 g/mol. The average molecular weight is 347 g/mol. The van der Waals surface area contributed by atoms with E-state index < -0.39 is 10.0 Å². The van der Waals surface area contributed by atoms with Crippen molar-refractivity contribution in [1.29, 1.82) is 0 Å². The van der Waals surface area contributed by atoms with Crippen LogP contribution in [0.2, 0.25) is 0 Å². The third kappa shape index (κ3) is 3.17. The van der Waals surface area contributed by atoms with E-state index in [1.807, 2.05) is 38.1 Å². The number of sulfonamides is 1. The first-order chi connectivity index (χ1) is 11.4. The van der Waals surface area contributed by atoms with Crippen molar-refractivity contribution in [2.24, 2.45) is 0 Å². The van der Waals surface area contributed by atoms with E-state index in [1.165, 1.54) is 0 Å². The quantitative estimate of drug-likeness (QED) is 0.850. The molecule has 1 aliphatic rings. The molecule has 1 heterocycles. The Bertz CT molecular complexity index is 800. The van der Waals surface area contributed by atoms with E-state index in [1.54, 1.807) is 31.4 Å². The molecule has 1 fully saturated rings. The zero-order valence-corrected chi connectivity index (χ0v) is 14.8. The second-order valence-corrected chi connectivity index (χ2v) is 7.81. The van der Waals surface area contributed by atoms with Gasteiger partial charge in [0.05, 0.1) is 18.0 Å².